The number of piperidine rings is 1. The average Bonchev–Trinajstić information content (AvgIpc) is 2.74. The number of nitrogens with one attached hydrogen (secondary N) is 3. The van der Waals surface area contributed by atoms with Crippen LogP contribution in [0.2, 0.25) is 0 Å². The largest absolute Gasteiger partial charge is 0.355 e. The highest BCUT2D eigenvalue weighted by molar-refractivity contribution is 14.0. The lowest BCUT2D eigenvalue weighted by molar-refractivity contribution is 0.0939. The molecule has 0 saturated carbocycles. The second kappa shape index (κ2) is 13.1. The highest BCUT2D eigenvalue weighted by Gasteiger charge is 2.27. The number of amides is 1. The maximum absolute atomic E-state index is 12.2. The van der Waals surface area contributed by atoms with Crippen LogP contribution in [0.4, 0.5) is 0 Å². The van der Waals surface area contributed by atoms with Gasteiger partial charge in [-0.15, -0.1) is 24.0 Å². The molecule has 1 unspecified atom stereocenters. The van der Waals surface area contributed by atoms with Gasteiger partial charge in [0, 0.05) is 37.3 Å². The number of nitrogens with zero attached hydrogens (tertiary/aromatic N) is 2. The first-order valence-corrected chi connectivity index (χ1v) is 10.9. The lowest BCUT2D eigenvalue weighted by Crippen LogP contribution is -2.54. The molecule has 30 heavy (non-hydrogen) atoms. The Labute approximate surface area is 199 Å². The number of hydrogen-bond donors (Lipinski definition) is 3. The van der Waals surface area contributed by atoms with E-state index in [1.54, 1.807) is 7.05 Å². The van der Waals surface area contributed by atoms with Crippen molar-refractivity contribution in [3.05, 3.63) is 35.4 Å². The normalized spacial score (nSPS) is 16.4. The molecule has 1 fully saturated rings. The molecule has 0 aromatic heterocycles. The highest BCUT2D eigenvalue weighted by Crippen LogP contribution is 2.19. The summed E-state index contributed by atoms with van der Waals surface area (Å²) in [6.07, 6.45) is 4.86. The predicted molar refractivity (Wildman–Crippen MR) is 137 cm³/mol. The second-order valence-corrected chi connectivity index (χ2v) is 8.62. The Hall–Kier alpha value is -1.35. The summed E-state index contributed by atoms with van der Waals surface area (Å²) in [7, 11) is 1.80. The van der Waals surface area contributed by atoms with Crippen LogP contribution in [-0.4, -0.2) is 55.0 Å². The minimum absolute atomic E-state index is 0. The zero-order chi connectivity index (χ0) is 21.3. The summed E-state index contributed by atoms with van der Waals surface area (Å²) in [5.74, 6) is 0.782. The summed E-state index contributed by atoms with van der Waals surface area (Å²) in [4.78, 5) is 19.1. The molecule has 0 radical (unpaired) electrons. The molecule has 7 heteroatoms. The third kappa shape index (κ3) is 8.41. The molecule has 1 amide bonds. The highest BCUT2D eigenvalue weighted by atomic mass is 127. The monoisotopic (exact) mass is 529 g/mol. The molecule has 3 N–H and O–H groups in total. The van der Waals surface area contributed by atoms with Gasteiger partial charge in [0.1, 0.15) is 0 Å². The Morgan fingerprint density at radius 3 is 2.33 bits per heavy atom. The topological polar surface area (TPSA) is 68.8 Å². The van der Waals surface area contributed by atoms with Crippen molar-refractivity contribution >= 4 is 35.8 Å². The SMILES string of the molecule is CCC(C)NC(=O)c1ccc(CNC(=NC)NCC(C)(C)N2CCCCC2)cc1.I. The van der Waals surface area contributed by atoms with Crippen LogP contribution >= 0.6 is 24.0 Å². The van der Waals surface area contributed by atoms with Crippen LogP contribution in [0.5, 0.6) is 0 Å². The maximum Gasteiger partial charge on any atom is 0.251 e. The van der Waals surface area contributed by atoms with E-state index in [-0.39, 0.29) is 41.5 Å². The van der Waals surface area contributed by atoms with Gasteiger partial charge in [-0.3, -0.25) is 14.7 Å². The van der Waals surface area contributed by atoms with Crippen molar-refractivity contribution in [1.29, 1.82) is 0 Å². The summed E-state index contributed by atoms with van der Waals surface area (Å²) in [6, 6.07) is 7.93. The minimum Gasteiger partial charge on any atom is -0.355 e. The first kappa shape index (κ1) is 26.7. The van der Waals surface area contributed by atoms with Crippen molar-refractivity contribution in [3.8, 4) is 0 Å². The van der Waals surface area contributed by atoms with Crippen molar-refractivity contribution in [2.24, 2.45) is 4.99 Å². The lowest BCUT2D eigenvalue weighted by Gasteiger charge is -2.41. The summed E-state index contributed by atoms with van der Waals surface area (Å²) in [5, 5.41) is 9.83. The smallest absolute Gasteiger partial charge is 0.251 e. The molecular weight excluding hydrogens is 489 g/mol. The number of likely N-dealkylation sites (tertiary alicyclic amines) is 1. The van der Waals surface area contributed by atoms with Crippen molar-refractivity contribution in [3.63, 3.8) is 0 Å². The molecule has 170 valence electrons. The molecule has 0 spiro atoms. The van der Waals surface area contributed by atoms with Crippen LogP contribution in [0, 0.1) is 0 Å². The third-order valence-electron chi connectivity index (χ3n) is 5.79. The molecule has 1 heterocycles. The van der Waals surface area contributed by atoms with Crippen LogP contribution in [-0.2, 0) is 6.54 Å². The first-order valence-electron chi connectivity index (χ1n) is 10.9. The van der Waals surface area contributed by atoms with Gasteiger partial charge in [-0.05, 0) is 70.8 Å². The van der Waals surface area contributed by atoms with Gasteiger partial charge in [0.25, 0.3) is 5.91 Å². The Balaban J connectivity index is 0.00000450. The van der Waals surface area contributed by atoms with E-state index >= 15 is 0 Å². The third-order valence-corrected chi connectivity index (χ3v) is 5.79. The van der Waals surface area contributed by atoms with Crippen LogP contribution in [0.1, 0.15) is 69.3 Å². The van der Waals surface area contributed by atoms with E-state index < -0.39 is 0 Å². The van der Waals surface area contributed by atoms with Gasteiger partial charge in [-0.25, -0.2) is 0 Å². The van der Waals surface area contributed by atoms with Gasteiger partial charge in [-0.2, -0.15) is 0 Å². The number of hydrogen-bond acceptors (Lipinski definition) is 3. The maximum atomic E-state index is 12.2. The number of guanidine groups is 1. The fraction of sp³-hybridized carbons (Fsp3) is 0.652. The number of rotatable bonds is 8. The van der Waals surface area contributed by atoms with E-state index in [1.165, 1.54) is 32.4 Å². The molecule has 0 bridgehead atoms. The Kier molecular flexibility index (Phi) is 11.7. The number of aliphatic imine (C=N–C) groups is 1. The molecule has 1 aromatic rings. The van der Waals surface area contributed by atoms with Crippen molar-refractivity contribution in [2.45, 2.75) is 71.5 Å². The molecule has 0 aliphatic carbocycles. The quantitative estimate of drug-likeness (QED) is 0.273. The van der Waals surface area contributed by atoms with E-state index in [2.05, 4.69) is 46.6 Å². The fourth-order valence-corrected chi connectivity index (χ4v) is 3.50. The average molecular weight is 530 g/mol. The number of carbonyl (C=O) groups is 1. The lowest BCUT2D eigenvalue weighted by atomic mass is 9.98. The number of carbonyl (C=O) groups excluding carboxylic acids is 1. The second-order valence-electron chi connectivity index (χ2n) is 8.62. The van der Waals surface area contributed by atoms with E-state index in [1.807, 2.05) is 31.2 Å². The Morgan fingerprint density at radius 1 is 1.13 bits per heavy atom. The van der Waals surface area contributed by atoms with Crippen molar-refractivity contribution < 1.29 is 4.79 Å². The predicted octanol–water partition coefficient (Wildman–Crippen LogP) is 3.76. The Bertz CT molecular complexity index is 669. The van der Waals surface area contributed by atoms with E-state index in [9.17, 15) is 4.79 Å². The zero-order valence-corrected chi connectivity index (χ0v) is 21.6. The van der Waals surface area contributed by atoms with Crippen LogP contribution in [0.25, 0.3) is 0 Å². The van der Waals surface area contributed by atoms with Gasteiger partial charge in [-0.1, -0.05) is 25.5 Å². The van der Waals surface area contributed by atoms with E-state index in [0.717, 1.165) is 24.5 Å². The molecule has 2 rings (SSSR count). The van der Waals surface area contributed by atoms with Crippen LogP contribution in [0.15, 0.2) is 29.3 Å². The summed E-state index contributed by atoms with van der Waals surface area (Å²) < 4.78 is 0. The molecule has 1 aliphatic heterocycles. The summed E-state index contributed by atoms with van der Waals surface area (Å²) in [6.45, 7) is 12.5. The van der Waals surface area contributed by atoms with Crippen molar-refractivity contribution in [1.82, 2.24) is 20.9 Å². The van der Waals surface area contributed by atoms with Crippen LogP contribution in [0.3, 0.4) is 0 Å². The van der Waals surface area contributed by atoms with E-state index in [0.29, 0.717) is 12.1 Å². The molecule has 1 atom stereocenters. The number of benzene rings is 1. The van der Waals surface area contributed by atoms with Gasteiger partial charge in [0.05, 0.1) is 0 Å². The molecule has 1 aromatic carbocycles. The minimum atomic E-state index is -0.0173. The molecule has 6 nitrogen and oxygen atoms in total. The molecular formula is C23H40IN5O. The standard InChI is InChI=1S/C23H39N5O.HI/c1-6-18(2)27-21(29)20-12-10-19(11-13-20)16-25-22(24-5)26-17-23(3,4)28-14-8-7-9-15-28;/h10-13,18H,6-9,14-17H2,1-5H3,(H,27,29)(H2,24,25,26);1H. The van der Waals surface area contributed by atoms with Gasteiger partial charge in [0.15, 0.2) is 5.96 Å². The first-order chi connectivity index (χ1) is 13.9. The van der Waals surface area contributed by atoms with Gasteiger partial charge < -0.3 is 16.0 Å². The van der Waals surface area contributed by atoms with Gasteiger partial charge in [0.2, 0.25) is 0 Å². The Morgan fingerprint density at radius 2 is 1.77 bits per heavy atom. The van der Waals surface area contributed by atoms with E-state index in [4.69, 9.17) is 0 Å². The fourth-order valence-electron chi connectivity index (χ4n) is 3.50. The number of halogens is 1. The van der Waals surface area contributed by atoms with Gasteiger partial charge >= 0.3 is 0 Å². The molecule has 1 saturated heterocycles. The van der Waals surface area contributed by atoms with Crippen molar-refractivity contribution in [2.75, 3.05) is 26.7 Å². The summed E-state index contributed by atoms with van der Waals surface area (Å²) in [5.41, 5.74) is 1.91. The summed E-state index contributed by atoms with van der Waals surface area (Å²) >= 11 is 0. The van der Waals surface area contributed by atoms with Crippen LogP contribution < -0.4 is 16.0 Å². The molecule has 1 aliphatic rings. The zero-order valence-electron chi connectivity index (χ0n) is 19.3.